The number of fused-ring (bicyclic) bond motifs is 1. The molecule has 0 aliphatic heterocycles. The van der Waals surface area contributed by atoms with Gasteiger partial charge in [-0.25, -0.2) is 14.8 Å². The highest BCUT2D eigenvalue weighted by molar-refractivity contribution is 5.97. The number of aromatic nitrogens is 3. The second-order valence-corrected chi connectivity index (χ2v) is 6.16. The molecule has 2 heterocycles. The minimum Gasteiger partial charge on any atom is -0.469 e. The molecule has 2 amide bonds. The third-order valence-corrected chi connectivity index (χ3v) is 4.19. The van der Waals surface area contributed by atoms with Crippen LogP contribution in [0.25, 0.3) is 27.9 Å². The molecule has 154 valence electrons. The molecule has 0 unspecified atom stereocenters. The van der Waals surface area contributed by atoms with E-state index in [0.29, 0.717) is 18.0 Å². The average molecular weight is 405 g/mol. The van der Waals surface area contributed by atoms with Gasteiger partial charge in [0.25, 0.3) is 6.02 Å². The molecule has 9 heteroatoms. The molecule has 3 rings (SSSR count). The number of hydrogen-bond acceptors (Lipinski definition) is 5. The predicted molar refractivity (Wildman–Crippen MR) is 119 cm³/mol. The van der Waals surface area contributed by atoms with Crippen molar-refractivity contribution in [1.29, 1.82) is 0 Å². The van der Waals surface area contributed by atoms with Gasteiger partial charge in [0.2, 0.25) is 5.95 Å². The van der Waals surface area contributed by atoms with Crippen molar-refractivity contribution in [3.05, 3.63) is 60.9 Å². The Balaban J connectivity index is 2.15. The first-order chi connectivity index (χ1) is 14.5. The van der Waals surface area contributed by atoms with Gasteiger partial charge in [-0.15, -0.1) is 0 Å². The molecule has 0 bridgehead atoms. The Morgan fingerprint density at radius 2 is 2.23 bits per heavy atom. The number of benzene rings is 1. The number of nitrogens with two attached hydrogens (primary N) is 1. The second kappa shape index (κ2) is 9.37. The van der Waals surface area contributed by atoms with Crippen LogP contribution in [0, 0.1) is 0 Å². The highest BCUT2D eigenvalue weighted by Crippen LogP contribution is 2.31. The van der Waals surface area contributed by atoms with Gasteiger partial charge in [-0.3, -0.25) is 10.3 Å². The molecule has 30 heavy (non-hydrogen) atoms. The van der Waals surface area contributed by atoms with Gasteiger partial charge in [0.05, 0.1) is 23.8 Å². The number of aromatic amines is 1. The van der Waals surface area contributed by atoms with Crippen molar-refractivity contribution >= 4 is 34.6 Å². The number of imidazole rings is 1. The Morgan fingerprint density at radius 1 is 1.40 bits per heavy atom. The van der Waals surface area contributed by atoms with Gasteiger partial charge in [0, 0.05) is 24.5 Å². The number of nitrogens with one attached hydrogen (secondary N) is 3. The van der Waals surface area contributed by atoms with Crippen molar-refractivity contribution in [2.75, 3.05) is 19.0 Å². The lowest BCUT2D eigenvalue weighted by Crippen LogP contribution is -2.28. The van der Waals surface area contributed by atoms with Crippen LogP contribution in [0.15, 0.2) is 60.4 Å². The van der Waals surface area contributed by atoms with E-state index < -0.39 is 0 Å². The van der Waals surface area contributed by atoms with Gasteiger partial charge in [0.15, 0.2) is 0 Å². The number of hydrogen-bond donors (Lipinski definition) is 4. The number of aliphatic imine (C=N–C) groups is 1. The zero-order valence-electron chi connectivity index (χ0n) is 16.8. The highest BCUT2D eigenvalue weighted by Gasteiger charge is 2.14. The molecule has 0 saturated heterocycles. The fourth-order valence-corrected chi connectivity index (χ4v) is 2.80. The molecular formula is C21H23N7O2. The van der Waals surface area contributed by atoms with Gasteiger partial charge < -0.3 is 20.8 Å². The summed E-state index contributed by atoms with van der Waals surface area (Å²) in [7, 11) is 1.44. The fourth-order valence-electron chi connectivity index (χ4n) is 2.80. The van der Waals surface area contributed by atoms with E-state index in [4.69, 9.17) is 10.5 Å². The van der Waals surface area contributed by atoms with Gasteiger partial charge in [-0.2, -0.15) is 0 Å². The van der Waals surface area contributed by atoms with Crippen LogP contribution >= 0.6 is 0 Å². The van der Waals surface area contributed by atoms with Crippen molar-refractivity contribution in [3.8, 4) is 11.3 Å². The summed E-state index contributed by atoms with van der Waals surface area (Å²) < 4.78 is 4.88. The van der Waals surface area contributed by atoms with Gasteiger partial charge >= 0.3 is 6.03 Å². The van der Waals surface area contributed by atoms with E-state index in [9.17, 15) is 4.79 Å². The Labute approximate surface area is 173 Å². The summed E-state index contributed by atoms with van der Waals surface area (Å²) in [6.07, 6.45) is 4.95. The van der Waals surface area contributed by atoms with Crippen LogP contribution in [0.1, 0.15) is 12.5 Å². The van der Waals surface area contributed by atoms with E-state index in [1.165, 1.54) is 7.11 Å². The van der Waals surface area contributed by atoms with E-state index in [0.717, 1.165) is 27.9 Å². The maximum absolute atomic E-state index is 11.9. The van der Waals surface area contributed by atoms with Gasteiger partial charge in [-0.05, 0) is 42.3 Å². The van der Waals surface area contributed by atoms with Gasteiger partial charge in [0.1, 0.15) is 0 Å². The summed E-state index contributed by atoms with van der Waals surface area (Å²) in [5.74, 6) is 0.330. The summed E-state index contributed by atoms with van der Waals surface area (Å²) >= 11 is 0. The highest BCUT2D eigenvalue weighted by atomic mass is 16.5. The number of rotatable bonds is 6. The van der Waals surface area contributed by atoms with E-state index in [1.54, 1.807) is 18.5 Å². The predicted octanol–water partition coefficient (Wildman–Crippen LogP) is 3.25. The monoisotopic (exact) mass is 405 g/mol. The van der Waals surface area contributed by atoms with Crippen LogP contribution in [0.3, 0.4) is 0 Å². The van der Waals surface area contributed by atoms with Crippen LogP contribution in [-0.4, -0.2) is 40.7 Å². The lowest BCUT2D eigenvalue weighted by atomic mass is 10.0. The maximum atomic E-state index is 11.9. The number of carbonyl (C=O) groups is 1. The molecule has 0 atom stereocenters. The molecule has 0 radical (unpaired) electrons. The molecule has 5 N–H and O–H groups in total. The van der Waals surface area contributed by atoms with Crippen molar-refractivity contribution < 1.29 is 9.53 Å². The standard InChI is InChI=1S/C21H23N7O2/c1-4-13(12-25-19(22)30-3)14-10-15(16-8-6-7-9-24-16)18-17(11-14)26-20(27-18)28-21(29)23-5-2/h4,6-12H,1,5H2,2-3H3,(H2,22,25)(H3,23,26,27,28,29)/b13-12+. The number of amidine groups is 1. The van der Waals surface area contributed by atoms with Crippen LogP contribution in [0.5, 0.6) is 0 Å². The smallest absolute Gasteiger partial charge is 0.321 e. The molecule has 0 spiro atoms. The summed E-state index contributed by atoms with van der Waals surface area (Å²) in [5, 5.41) is 5.37. The number of ether oxygens (including phenoxy) is 1. The fraction of sp³-hybridized carbons (Fsp3) is 0.143. The molecule has 0 aliphatic rings. The van der Waals surface area contributed by atoms with E-state index in [2.05, 4.69) is 37.2 Å². The maximum Gasteiger partial charge on any atom is 0.321 e. The van der Waals surface area contributed by atoms with Crippen molar-refractivity contribution in [2.45, 2.75) is 6.92 Å². The molecule has 2 aromatic heterocycles. The Hall–Kier alpha value is -4.14. The van der Waals surface area contributed by atoms with Crippen LogP contribution in [0.4, 0.5) is 10.7 Å². The van der Waals surface area contributed by atoms with E-state index >= 15 is 0 Å². The molecule has 0 saturated carbocycles. The van der Waals surface area contributed by atoms with Crippen LogP contribution in [-0.2, 0) is 4.74 Å². The second-order valence-electron chi connectivity index (χ2n) is 6.16. The van der Waals surface area contributed by atoms with Crippen molar-refractivity contribution in [1.82, 2.24) is 20.3 Å². The zero-order valence-corrected chi connectivity index (χ0v) is 16.8. The molecule has 0 aliphatic carbocycles. The zero-order chi connectivity index (χ0) is 21.5. The first kappa shape index (κ1) is 20.6. The largest absolute Gasteiger partial charge is 0.469 e. The first-order valence-corrected chi connectivity index (χ1v) is 9.26. The number of methoxy groups -OCH3 is 1. The molecule has 0 fully saturated rings. The number of amides is 2. The van der Waals surface area contributed by atoms with E-state index in [-0.39, 0.29) is 12.1 Å². The van der Waals surface area contributed by atoms with Crippen LogP contribution in [0.2, 0.25) is 0 Å². The van der Waals surface area contributed by atoms with Crippen molar-refractivity contribution in [2.24, 2.45) is 10.7 Å². The Kier molecular flexibility index (Phi) is 6.43. The lowest BCUT2D eigenvalue weighted by molar-refractivity contribution is 0.252. The number of anilines is 1. The number of allylic oxidation sites excluding steroid dienone is 2. The third kappa shape index (κ3) is 4.64. The quantitative estimate of drug-likeness (QED) is 0.284. The average Bonchev–Trinajstić information content (AvgIpc) is 3.16. The molecular weight excluding hydrogens is 382 g/mol. The summed E-state index contributed by atoms with van der Waals surface area (Å²) in [6.45, 7) is 6.21. The SMILES string of the molecule is C=C/C(=C\N=C(N)OC)c1cc(-c2ccccn2)c2nc(NC(=O)NCC)[nH]c2c1. The lowest BCUT2D eigenvalue weighted by Gasteiger charge is -2.07. The number of urea groups is 1. The minimum atomic E-state index is -0.341. The van der Waals surface area contributed by atoms with E-state index in [1.807, 2.05) is 37.3 Å². The normalized spacial score (nSPS) is 11.9. The first-order valence-electron chi connectivity index (χ1n) is 9.26. The number of pyridine rings is 1. The number of H-pyrrole nitrogens is 1. The number of carbonyl (C=O) groups excluding carboxylic acids is 1. The summed E-state index contributed by atoms with van der Waals surface area (Å²) in [5.41, 5.74) is 10.1. The Morgan fingerprint density at radius 3 is 2.90 bits per heavy atom. The molecule has 3 aromatic rings. The number of nitrogens with zero attached hydrogens (tertiary/aromatic N) is 3. The Bertz CT molecular complexity index is 1120. The topological polar surface area (TPSA) is 130 Å². The summed E-state index contributed by atoms with van der Waals surface area (Å²) in [6, 6.07) is 9.16. The molecule has 9 nitrogen and oxygen atoms in total. The van der Waals surface area contributed by atoms with Gasteiger partial charge in [-0.1, -0.05) is 18.7 Å². The summed E-state index contributed by atoms with van der Waals surface area (Å²) in [4.78, 5) is 28.1. The van der Waals surface area contributed by atoms with Crippen molar-refractivity contribution in [3.63, 3.8) is 0 Å². The molecule has 1 aromatic carbocycles. The third-order valence-electron chi connectivity index (χ3n) is 4.19. The van der Waals surface area contributed by atoms with Crippen LogP contribution < -0.4 is 16.4 Å². The minimum absolute atomic E-state index is 0.0374.